The molecule has 0 N–H and O–H groups in total. The second-order valence-corrected chi connectivity index (χ2v) is 3.36. The van der Waals surface area contributed by atoms with Crippen LogP contribution in [0, 0.1) is 6.42 Å². The summed E-state index contributed by atoms with van der Waals surface area (Å²) in [6.45, 7) is 4.28. The lowest BCUT2D eigenvalue weighted by atomic mass is 10.1. The van der Waals surface area contributed by atoms with Gasteiger partial charge in [0.2, 0.25) is 0 Å². The Morgan fingerprint density at radius 2 is 2.00 bits per heavy atom. The van der Waals surface area contributed by atoms with Gasteiger partial charge in [-0.1, -0.05) is 19.1 Å². The van der Waals surface area contributed by atoms with Gasteiger partial charge in [0.15, 0.2) is 0 Å². The number of rotatable bonds is 5. The van der Waals surface area contributed by atoms with Gasteiger partial charge in [-0.15, -0.1) is 0 Å². The third-order valence-electron chi connectivity index (χ3n) is 2.19. The van der Waals surface area contributed by atoms with Crippen LogP contribution in [0.2, 0.25) is 0 Å². The van der Waals surface area contributed by atoms with E-state index in [0.717, 1.165) is 12.8 Å². The molecule has 1 aromatic rings. The Morgan fingerprint density at radius 3 is 2.53 bits per heavy atom. The molecule has 0 spiro atoms. The molecule has 1 rings (SSSR count). The van der Waals surface area contributed by atoms with Gasteiger partial charge in [-0.2, -0.15) is 0 Å². The summed E-state index contributed by atoms with van der Waals surface area (Å²) in [5.41, 5.74) is 1.88. The van der Waals surface area contributed by atoms with Gasteiger partial charge in [0, 0.05) is 0 Å². The van der Waals surface area contributed by atoms with Crippen molar-refractivity contribution < 1.29 is 9.53 Å². The Balaban J connectivity index is 2.59. The lowest BCUT2D eigenvalue weighted by molar-refractivity contribution is 0.0526. The maximum absolute atomic E-state index is 11.3. The summed E-state index contributed by atoms with van der Waals surface area (Å²) in [5.74, 6) is -0.244. The Morgan fingerprint density at radius 1 is 1.33 bits per heavy atom. The Kier molecular flexibility index (Phi) is 4.88. The highest BCUT2D eigenvalue weighted by Gasteiger charge is 2.04. The van der Waals surface area contributed by atoms with Crippen LogP contribution in [-0.2, 0) is 11.2 Å². The van der Waals surface area contributed by atoms with Crippen LogP contribution in [0.15, 0.2) is 24.3 Å². The van der Waals surface area contributed by atoms with Crippen molar-refractivity contribution >= 4 is 5.97 Å². The zero-order valence-electron chi connectivity index (χ0n) is 9.32. The molecule has 1 radical (unpaired) electrons. The second kappa shape index (κ2) is 6.23. The van der Waals surface area contributed by atoms with Gasteiger partial charge in [0.1, 0.15) is 0 Å². The van der Waals surface area contributed by atoms with Crippen LogP contribution in [0.25, 0.3) is 0 Å². The first-order valence-corrected chi connectivity index (χ1v) is 5.31. The van der Waals surface area contributed by atoms with Crippen molar-refractivity contribution in [2.45, 2.75) is 26.7 Å². The van der Waals surface area contributed by atoms with Crippen molar-refractivity contribution in [2.75, 3.05) is 6.61 Å². The normalized spacial score (nSPS) is 10.0. The molecule has 0 amide bonds. The number of unbranched alkanes of at least 4 members (excludes halogenated alkanes) is 1. The number of esters is 1. The van der Waals surface area contributed by atoms with Gasteiger partial charge in [-0.05, 0) is 43.9 Å². The van der Waals surface area contributed by atoms with Crippen LogP contribution in [-0.4, -0.2) is 12.6 Å². The van der Waals surface area contributed by atoms with E-state index < -0.39 is 0 Å². The van der Waals surface area contributed by atoms with E-state index in [-0.39, 0.29) is 5.97 Å². The Bertz CT molecular complexity index is 301. The molecule has 0 saturated carbocycles. The van der Waals surface area contributed by atoms with Crippen molar-refractivity contribution in [3.05, 3.63) is 41.8 Å². The van der Waals surface area contributed by atoms with Crippen molar-refractivity contribution in [3.8, 4) is 0 Å². The number of benzene rings is 1. The lowest BCUT2D eigenvalue weighted by Crippen LogP contribution is -2.04. The minimum Gasteiger partial charge on any atom is -0.462 e. The van der Waals surface area contributed by atoms with Crippen LogP contribution in [0.1, 0.15) is 36.2 Å². The topological polar surface area (TPSA) is 26.3 Å². The van der Waals surface area contributed by atoms with Gasteiger partial charge >= 0.3 is 5.97 Å². The van der Waals surface area contributed by atoms with Gasteiger partial charge in [0.25, 0.3) is 0 Å². The molecule has 0 unspecified atom stereocenters. The molecule has 15 heavy (non-hydrogen) atoms. The van der Waals surface area contributed by atoms with Gasteiger partial charge in [0.05, 0.1) is 12.2 Å². The summed E-state index contributed by atoms with van der Waals surface area (Å²) in [4.78, 5) is 11.3. The van der Waals surface area contributed by atoms with E-state index in [1.807, 2.05) is 38.1 Å². The van der Waals surface area contributed by atoms with E-state index in [0.29, 0.717) is 12.2 Å². The summed E-state index contributed by atoms with van der Waals surface area (Å²) in [5, 5.41) is 0. The minimum absolute atomic E-state index is 0.244. The highest BCUT2D eigenvalue weighted by Crippen LogP contribution is 2.08. The molecule has 0 fully saturated rings. The third kappa shape index (κ3) is 3.74. The smallest absolute Gasteiger partial charge is 0.338 e. The van der Waals surface area contributed by atoms with Gasteiger partial charge in [-0.3, -0.25) is 0 Å². The summed E-state index contributed by atoms with van der Waals surface area (Å²) in [7, 11) is 0. The molecule has 0 saturated heterocycles. The molecule has 2 nitrogen and oxygen atoms in total. The number of carbonyl (C=O) groups is 1. The predicted molar refractivity (Wildman–Crippen MR) is 60.7 cm³/mol. The molecule has 0 heterocycles. The highest BCUT2D eigenvalue weighted by atomic mass is 16.5. The van der Waals surface area contributed by atoms with E-state index in [4.69, 9.17) is 4.74 Å². The summed E-state index contributed by atoms with van der Waals surface area (Å²) in [6.07, 6.45) is 4.23. The standard InChI is InChI=1S/C13H17O2/c1-3-5-6-11-7-9-12(10-8-11)13(14)15-4-2/h3,7-10H,4-6H2,1-2H3. The van der Waals surface area contributed by atoms with E-state index in [9.17, 15) is 4.79 Å². The molecular weight excluding hydrogens is 188 g/mol. The molecule has 81 valence electrons. The quantitative estimate of drug-likeness (QED) is 0.691. The summed E-state index contributed by atoms with van der Waals surface area (Å²) < 4.78 is 4.90. The first-order chi connectivity index (χ1) is 7.27. The average molecular weight is 205 g/mol. The van der Waals surface area contributed by atoms with Crippen LogP contribution in [0.3, 0.4) is 0 Å². The lowest BCUT2D eigenvalue weighted by Gasteiger charge is -2.03. The van der Waals surface area contributed by atoms with Crippen LogP contribution < -0.4 is 0 Å². The zero-order valence-corrected chi connectivity index (χ0v) is 9.32. The van der Waals surface area contributed by atoms with Gasteiger partial charge in [-0.25, -0.2) is 4.79 Å². The van der Waals surface area contributed by atoms with Gasteiger partial charge < -0.3 is 4.74 Å². The van der Waals surface area contributed by atoms with Crippen LogP contribution in [0.5, 0.6) is 0 Å². The zero-order chi connectivity index (χ0) is 11.1. The molecule has 2 heteroatoms. The van der Waals surface area contributed by atoms with E-state index in [2.05, 4.69) is 6.42 Å². The molecule has 1 aromatic carbocycles. The number of carbonyl (C=O) groups excluding carboxylic acids is 1. The molecular formula is C13H17O2. The molecule has 0 aromatic heterocycles. The number of hydrogen-bond donors (Lipinski definition) is 0. The fourth-order valence-corrected chi connectivity index (χ4v) is 1.33. The molecule has 0 aliphatic rings. The Labute approximate surface area is 91.3 Å². The first kappa shape index (κ1) is 11.8. The van der Waals surface area contributed by atoms with Crippen molar-refractivity contribution in [2.24, 2.45) is 0 Å². The summed E-state index contributed by atoms with van der Waals surface area (Å²) >= 11 is 0. The van der Waals surface area contributed by atoms with E-state index >= 15 is 0 Å². The van der Waals surface area contributed by atoms with Crippen molar-refractivity contribution in [3.63, 3.8) is 0 Å². The number of ether oxygens (including phenoxy) is 1. The fraction of sp³-hybridized carbons (Fsp3) is 0.385. The highest BCUT2D eigenvalue weighted by molar-refractivity contribution is 5.89. The van der Waals surface area contributed by atoms with Crippen LogP contribution in [0.4, 0.5) is 0 Å². The van der Waals surface area contributed by atoms with E-state index in [1.54, 1.807) is 0 Å². The predicted octanol–water partition coefficient (Wildman–Crippen LogP) is 3.02. The largest absolute Gasteiger partial charge is 0.462 e. The monoisotopic (exact) mass is 205 g/mol. The maximum Gasteiger partial charge on any atom is 0.338 e. The molecule has 0 aliphatic heterocycles. The molecule has 0 bridgehead atoms. The number of hydrogen-bond acceptors (Lipinski definition) is 2. The van der Waals surface area contributed by atoms with E-state index in [1.165, 1.54) is 5.56 Å². The molecule has 0 aliphatic carbocycles. The third-order valence-corrected chi connectivity index (χ3v) is 2.19. The van der Waals surface area contributed by atoms with Crippen LogP contribution >= 0.6 is 0 Å². The molecule has 0 atom stereocenters. The maximum atomic E-state index is 11.3. The van der Waals surface area contributed by atoms with Crippen molar-refractivity contribution in [1.29, 1.82) is 0 Å². The first-order valence-electron chi connectivity index (χ1n) is 5.31. The van der Waals surface area contributed by atoms with Crippen molar-refractivity contribution in [1.82, 2.24) is 0 Å². The Hall–Kier alpha value is -1.31. The fourth-order valence-electron chi connectivity index (χ4n) is 1.33. The average Bonchev–Trinajstić information content (AvgIpc) is 2.27. The number of aryl methyl sites for hydroxylation is 1. The summed E-state index contributed by atoms with van der Waals surface area (Å²) in [6, 6.07) is 7.61. The second-order valence-electron chi connectivity index (χ2n) is 3.36. The minimum atomic E-state index is -0.244. The SMILES string of the molecule is C[CH]CCc1ccc(C(=O)OCC)cc1.